The molecule has 1 aliphatic heterocycles. The fourth-order valence-electron chi connectivity index (χ4n) is 4.19. The van der Waals surface area contributed by atoms with E-state index >= 15 is 0 Å². The van der Waals surface area contributed by atoms with Crippen molar-refractivity contribution in [2.45, 2.75) is 25.3 Å². The number of hydrogen-bond acceptors (Lipinski definition) is 4. The highest BCUT2D eigenvalue weighted by molar-refractivity contribution is 6.04. The van der Waals surface area contributed by atoms with Crippen LogP contribution in [0.2, 0.25) is 0 Å². The zero-order valence-electron chi connectivity index (χ0n) is 11.4. The third-order valence-corrected chi connectivity index (χ3v) is 5.00. The molecule has 4 nitrogen and oxygen atoms in total. The molecule has 1 N–H and O–H groups in total. The van der Waals surface area contributed by atoms with Crippen molar-refractivity contribution in [1.82, 2.24) is 4.90 Å². The summed E-state index contributed by atoms with van der Waals surface area (Å²) in [6, 6.07) is 10.6. The van der Waals surface area contributed by atoms with Crippen molar-refractivity contribution in [2.75, 3.05) is 13.1 Å². The zero-order valence-corrected chi connectivity index (χ0v) is 11.4. The minimum atomic E-state index is 0.264. The van der Waals surface area contributed by atoms with Crippen molar-refractivity contribution >= 4 is 11.5 Å². The van der Waals surface area contributed by atoms with Gasteiger partial charge in [0.2, 0.25) is 0 Å². The van der Waals surface area contributed by atoms with Gasteiger partial charge in [0.1, 0.15) is 5.84 Å². The molecular formula is C16H19N3O. The lowest BCUT2D eigenvalue weighted by Crippen LogP contribution is -2.47. The SMILES string of the molecule is O/N=C1/C2CCC(C2)C1N1CCN=C1c1ccccc1. The van der Waals surface area contributed by atoms with Crippen LogP contribution < -0.4 is 0 Å². The maximum atomic E-state index is 9.40. The number of nitrogens with zero attached hydrogens (tertiary/aromatic N) is 3. The van der Waals surface area contributed by atoms with Gasteiger partial charge in [-0.2, -0.15) is 0 Å². The van der Waals surface area contributed by atoms with Crippen molar-refractivity contribution in [3.8, 4) is 0 Å². The van der Waals surface area contributed by atoms with Gasteiger partial charge in [0.25, 0.3) is 0 Å². The number of amidine groups is 1. The van der Waals surface area contributed by atoms with E-state index in [9.17, 15) is 5.21 Å². The maximum Gasteiger partial charge on any atom is 0.131 e. The molecule has 2 aliphatic carbocycles. The Kier molecular flexibility index (Phi) is 2.76. The van der Waals surface area contributed by atoms with Crippen molar-refractivity contribution in [3.05, 3.63) is 35.9 Å². The third-order valence-electron chi connectivity index (χ3n) is 5.00. The number of oxime groups is 1. The number of hydrogen-bond donors (Lipinski definition) is 1. The minimum absolute atomic E-state index is 0.264. The van der Waals surface area contributed by atoms with Gasteiger partial charge in [-0.05, 0) is 25.2 Å². The van der Waals surface area contributed by atoms with Crippen LogP contribution in [0.25, 0.3) is 0 Å². The normalized spacial score (nSPS) is 34.0. The first-order chi connectivity index (χ1) is 9.88. The fraction of sp³-hybridized carbons (Fsp3) is 0.500. The molecule has 3 atom stereocenters. The average Bonchev–Trinajstić information content (AvgIpc) is 3.22. The van der Waals surface area contributed by atoms with Gasteiger partial charge in [0, 0.05) is 18.0 Å². The molecule has 1 aromatic carbocycles. The van der Waals surface area contributed by atoms with Gasteiger partial charge < -0.3 is 10.1 Å². The predicted molar refractivity (Wildman–Crippen MR) is 78.4 cm³/mol. The van der Waals surface area contributed by atoms with Crippen LogP contribution in [-0.2, 0) is 0 Å². The first-order valence-electron chi connectivity index (χ1n) is 7.47. The Morgan fingerprint density at radius 1 is 1.20 bits per heavy atom. The molecule has 0 saturated heterocycles. The standard InChI is InChI=1S/C16H19N3O/c20-18-14-12-6-7-13(10-12)15(14)19-9-8-17-16(19)11-4-2-1-3-5-11/h1-5,12-13,15,20H,6-10H2/b18-14-. The van der Waals surface area contributed by atoms with E-state index in [-0.39, 0.29) is 6.04 Å². The van der Waals surface area contributed by atoms with Crippen LogP contribution in [0.15, 0.2) is 40.5 Å². The first-order valence-corrected chi connectivity index (χ1v) is 7.47. The van der Waals surface area contributed by atoms with E-state index < -0.39 is 0 Å². The molecule has 4 rings (SSSR count). The van der Waals surface area contributed by atoms with E-state index in [1.54, 1.807) is 0 Å². The quantitative estimate of drug-likeness (QED) is 0.662. The molecule has 2 fully saturated rings. The highest BCUT2D eigenvalue weighted by Crippen LogP contribution is 2.45. The highest BCUT2D eigenvalue weighted by Gasteiger charge is 2.49. The summed E-state index contributed by atoms with van der Waals surface area (Å²) in [5.41, 5.74) is 2.16. The molecule has 104 valence electrons. The number of rotatable bonds is 2. The minimum Gasteiger partial charge on any atom is -0.411 e. The Morgan fingerprint density at radius 3 is 2.85 bits per heavy atom. The summed E-state index contributed by atoms with van der Waals surface area (Å²) in [5, 5.41) is 13.0. The second-order valence-corrected chi connectivity index (χ2v) is 6.00. The van der Waals surface area contributed by atoms with Crippen LogP contribution >= 0.6 is 0 Å². The molecule has 2 bridgehead atoms. The number of benzene rings is 1. The molecular weight excluding hydrogens is 250 g/mol. The Labute approximate surface area is 118 Å². The van der Waals surface area contributed by atoms with Crippen LogP contribution in [-0.4, -0.2) is 40.8 Å². The summed E-state index contributed by atoms with van der Waals surface area (Å²) in [4.78, 5) is 7.06. The van der Waals surface area contributed by atoms with Crippen LogP contribution in [0.5, 0.6) is 0 Å². The van der Waals surface area contributed by atoms with Crippen LogP contribution in [0.4, 0.5) is 0 Å². The molecule has 4 heteroatoms. The molecule has 3 unspecified atom stereocenters. The Bertz CT molecular complexity index is 566. The van der Waals surface area contributed by atoms with E-state index in [1.165, 1.54) is 24.8 Å². The van der Waals surface area contributed by atoms with Gasteiger partial charge in [-0.1, -0.05) is 35.5 Å². The average molecular weight is 269 g/mol. The van der Waals surface area contributed by atoms with Gasteiger partial charge in [-0.3, -0.25) is 4.99 Å². The van der Waals surface area contributed by atoms with E-state index in [4.69, 9.17) is 4.99 Å². The van der Waals surface area contributed by atoms with Gasteiger partial charge in [0.15, 0.2) is 0 Å². The van der Waals surface area contributed by atoms with Crippen molar-refractivity contribution < 1.29 is 5.21 Å². The molecule has 2 saturated carbocycles. The number of aliphatic imine (C=N–C) groups is 1. The number of fused-ring (bicyclic) bond motifs is 2. The first kappa shape index (κ1) is 11.9. The second kappa shape index (κ2) is 4.62. The fourth-order valence-corrected chi connectivity index (χ4v) is 4.19. The largest absolute Gasteiger partial charge is 0.411 e. The lowest BCUT2D eigenvalue weighted by Gasteiger charge is -2.34. The summed E-state index contributed by atoms with van der Waals surface area (Å²) in [6.45, 7) is 1.79. The van der Waals surface area contributed by atoms with Gasteiger partial charge in [-0.25, -0.2) is 0 Å². The molecule has 0 amide bonds. The summed E-state index contributed by atoms with van der Waals surface area (Å²) in [6.07, 6.45) is 3.63. The van der Waals surface area contributed by atoms with Crippen LogP contribution in [0.1, 0.15) is 24.8 Å². The second-order valence-electron chi connectivity index (χ2n) is 6.00. The monoisotopic (exact) mass is 269 g/mol. The lowest BCUT2D eigenvalue weighted by molar-refractivity contribution is 0.286. The zero-order chi connectivity index (χ0) is 13.5. The van der Waals surface area contributed by atoms with E-state index in [1.807, 2.05) is 6.07 Å². The van der Waals surface area contributed by atoms with Crippen LogP contribution in [0.3, 0.4) is 0 Å². The molecule has 0 radical (unpaired) electrons. The van der Waals surface area contributed by atoms with Crippen LogP contribution in [0, 0.1) is 11.8 Å². The predicted octanol–water partition coefficient (Wildman–Crippen LogP) is 2.38. The Balaban J connectivity index is 1.67. The van der Waals surface area contributed by atoms with Gasteiger partial charge in [0.05, 0.1) is 18.3 Å². The van der Waals surface area contributed by atoms with Gasteiger partial charge in [-0.15, -0.1) is 0 Å². The molecule has 1 heterocycles. The Hall–Kier alpha value is -1.84. The van der Waals surface area contributed by atoms with Crippen molar-refractivity contribution in [2.24, 2.45) is 22.0 Å². The van der Waals surface area contributed by atoms with Gasteiger partial charge >= 0.3 is 0 Å². The molecule has 3 aliphatic rings. The Morgan fingerprint density at radius 2 is 2.05 bits per heavy atom. The molecule has 0 aromatic heterocycles. The summed E-state index contributed by atoms with van der Waals surface area (Å²) in [5.74, 6) is 2.20. The molecule has 0 spiro atoms. The van der Waals surface area contributed by atoms with E-state index in [2.05, 4.69) is 34.3 Å². The molecule has 20 heavy (non-hydrogen) atoms. The summed E-state index contributed by atoms with van der Waals surface area (Å²) < 4.78 is 0. The smallest absolute Gasteiger partial charge is 0.131 e. The van der Waals surface area contributed by atoms with E-state index in [0.29, 0.717) is 11.8 Å². The van der Waals surface area contributed by atoms with Crippen molar-refractivity contribution in [3.63, 3.8) is 0 Å². The lowest BCUT2D eigenvalue weighted by atomic mass is 9.91. The third kappa shape index (κ3) is 1.67. The van der Waals surface area contributed by atoms with Crippen molar-refractivity contribution in [1.29, 1.82) is 0 Å². The molecule has 1 aromatic rings. The summed E-state index contributed by atoms with van der Waals surface area (Å²) >= 11 is 0. The maximum absolute atomic E-state index is 9.40. The highest BCUT2D eigenvalue weighted by atomic mass is 16.4. The summed E-state index contributed by atoms with van der Waals surface area (Å²) in [7, 11) is 0. The van der Waals surface area contributed by atoms with E-state index in [0.717, 1.165) is 24.6 Å². The topological polar surface area (TPSA) is 48.2 Å².